The Morgan fingerprint density at radius 1 is 1.56 bits per heavy atom. The summed E-state index contributed by atoms with van der Waals surface area (Å²) < 4.78 is 0. The largest absolute Gasteiger partial charge is 0.313 e. The van der Waals surface area contributed by atoms with Crippen LogP contribution in [0.2, 0.25) is 0 Å². The standard InChI is InChI=1S/C5H6NO2.La/c1-6-4(7)2-3-5(6)8;/h2H,3H2,1H3;/q-1;. The van der Waals surface area contributed by atoms with Gasteiger partial charge in [-0.2, -0.15) is 0 Å². The SMILES string of the molecule is CN1C(=O)[CH-]CC1=O.[La]. The van der Waals surface area contributed by atoms with Crippen LogP contribution < -0.4 is 0 Å². The van der Waals surface area contributed by atoms with Crippen LogP contribution in [-0.4, -0.2) is 23.8 Å². The minimum Gasteiger partial charge on any atom is -0.313 e. The first-order valence-corrected chi connectivity index (χ1v) is 2.35. The zero-order valence-corrected chi connectivity index (χ0v) is 8.75. The molecule has 0 aliphatic carbocycles. The number of imide groups is 1. The van der Waals surface area contributed by atoms with E-state index in [1.165, 1.54) is 13.5 Å². The maximum atomic E-state index is 10.5. The normalized spacial score (nSPS) is 17.2. The molecule has 0 atom stereocenters. The Kier molecular flexibility index (Phi) is 3.47. The summed E-state index contributed by atoms with van der Waals surface area (Å²) in [6.45, 7) is 0. The van der Waals surface area contributed by atoms with Crippen molar-refractivity contribution < 1.29 is 45.2 Å². The third-order valence-electron chi connectivity index (χ3n) is 1.16. The number of carbonyl (C=O) groups excluding carboxylic acids is 2. The Labute approximate surface area is 81.4 Å². The van der Waals surface area contributed by atoms with Gasteiger partial charge in [-0.05, 0) is 0 Å². The Bertz CT molecular complexity index is 130. The van der Waals surface area contributed by atoms with E-state index in [0.29, 0.717) is 0 Å². The molecule has 0 unspecified atom stereocenters. The molecule has 4 heteroatoms. The summed E-state index contributed by atoms with van der Waals surface area (Å²) in [6, 6.07) is 0. The number of likely N-dealkylation sites (tertiary alicyclic amines) is 1. The molecule has 3 nitrogen and oxygen atoms in total. The van der Waals surface area contributed by atoms with Crippen molar-refractivity contribution >= 4 is 11.8 Å². The van der Waals surface area contributed by atoms with Crippen molar-refractivity contribution in [1.29, 1.82) is 0 Å². The van der Waals surface area contributed by atoms with Gasteiger partial charge in [0, 0.05) is 42.6 Å². The van der Waals surface area contributed by atoms with Crippen molar-refractivity contribution in [3.63, 3.8) is 0 Å². The molecule has 1 saturated heterocycles. The van der Waals surface area contributed by atoms with E-state index in [-0.39, 0.29) is 53.8 Å². The zero-order valence-electron chi connectivity index (χ0n) is 5.13. The first-order chi connectivity index (χ1) is 3.72. The van der Waals surface area contributed by atoms with Gasteiger partial charge in [0.2, 0.25) is 0 Å². The summed E-state index contributed by atoms with van der Waals surface area (Å²) >= 11 is 0. The van der Waals surface area contributed by atoms with Gasteiger partial charge in [0.25, 0.3) is 0 Å². The summed E-state index contributed by atoms with van der Waals surface area (Å²) in [6.07, 6.45) is 1.65. The van der Waals surface area contributed by atoms with E-state index in [0.717, 1.165) is 4.90 Å². The maximum Gasteiger partial charge on any atom is 0.199 e. The second kappa shape index (κ2) is 3.39. The van der Waals surface area contributed by atoms with Crippen LogP contribution >= 0.6 is 0 Å². The van der Waals surface area contributed by atoms with Gasteiger partial charge in [0.15, 0.2) is 5.91 Å². The number of hydrogen-bond donors (Lipinski definition) is 0. The third kappa shape index (κ3) is 1.81. The van der Waals surface area contributed by atoms with Gasteiger partial charge in [-0.3, -0.25) is 11.2 Å². The molecule has 0 bridgehead atoms. The summed E-state index contributed by atoms with van der Waals surface area (Å²) in [5.74, 6) is -0.301. The van der Waals surface area contributed by atoms with Crippen LogP contribution in [0.25, 0.3) is 0 Å². The second-order valence-corrected chi connectivity index (χ2v) is 1.70. The monoisotopic (exact) mass is 251 g/mol. The molecule has 1 radical (unpaired) electrons. The number of nitrogens with zero attached hydrogens (tertiary/aromatic N) is 1. The average molecular weight is 251 g/mol. The molecule has 0 saturated carbocycles. The smallest absolute Gasteiger partial charge is 0.199 e. The van der Waals surface area contributed by atoms with Gasteiger partial charge in [-0.1, -0.05) is 6.42 Å². The van der Waals surface area contributed by atoms with Crippen molar-refractivity contribution in [2.45, 2.75) is 6.42 Å². The van der Waals surface area contributed by atoms with Gasteiger partial charge >= 0.3 is 0 Å². The molecule has 0 spiro atoms. The molecule has 1 aliphatic heterocycles. The van der Waals surface area contributed by atoms with E-state index < -0.39 is 0 Å². The molecule has 2 amide bonds. The quantitative estimate of drug-likeness (QED) is 0.433. The van der Waals surface area contributed by atoms with E-state index >= 15 is 0 Å². The summed E-state index contributed by atoms with van der Waals surface area (Å²) in [7, 11) is 1.48. The summed E-state index contributed by atoms with van der Waals surface area (Å²) in [5, 5.41) is 0. The van der Waals surface area contributed by atoms with Crippen LogP contribution in [0.5, 0.6) is 0 Å². The van der Waals surface area contributed by atoms with Crippen LogP contribution in [0.4, 0.5) is 0 Å². The van der Waals surface area contributed by atoms with Gasteiger partial charge in [0.05, 0.1) is 5.91 Å². The molecular weight excluding hydrogens is 245 g/mol. The van der Waals surface area contributed by atoms with Crippen LogP contribution in [0.1, 0.15) is 6.42 Å². The van der Waals surface area contributed by atoms with Crippen LogP contribution in [-0.2, 0) is 9.59 Å². The zero-order chi connectivity index (χ0) is 6.15. The topological polar surface area (TPSA) is 37.4 Å². The summed E-state index contributed by atoms with van der Waals surface area (Å²) in [4.78, 5) is 22.0. The first kappa shape index (κ1) is 9.20. The van der Waals surface area contributed by atoms with Crippen LogP contribution in [0, 0.1) is 42.0 Å². The maximum absolute atomic E-state index is 10.5. The van der Waals surface area contributed by atoms with Crippen molar-refractivity contribution in [3.8, 4) is 0 Å². The minimum absolute atomic E-state index is 0. The number of rotatable bonds is 0. The van der Waals surface area contributed by atoms with Gasteiger partial charge in [-0.15, -0.1) is 0 Å². The molecule has 0 aromatic rings. The molecule has 1 rings (SSSR count). The molecule has 0 aromatic carbocycles. The fourth-order valence-corrected chi connectivity index (χ4v) is 0.571. The van der Waals surface area contributed by atoms with Crippen molar-refractivity contribution in [2.75, 3.05) is 7.05 Å². The number of amides is 2. The molecule has 0 aromatic heterocycles. The predicted molar refractivity (Wildman–Crippen MR) is 26.7 cm³/mol. The Morgan fingerprint density at radius 2 is 2.11 bits per heavy atom. The molecule has 47 valence electrons. The first-order valence-electron chi connectivity index (χ1n) is 2.35. The molecular formula is C5H6LaNO2-. The Hall–Kier alpha value is 0.205. The third-order valence-corrected chi connectivity index (χ3v) is 1.16. The van der Waals surface area contributed by atoms with E-state index in [1.807, 2.05) is 0 Å². The number of hydrogen-bond acceptors (Lipinski definition) is 2. The molecule has 1 heterocycles. The molecule has 0 N–H and O–H groups in total. The minimum atomic E-state index is -0.185. The fraction of sp³-hybridized carbons (Fsp3) is 0.400. The van der Waals surface area contributed by atoms with Crippen molar-refractivity contribution in [3.05, 3.63) is 6.42 Å². The van der Waals surface area contributed by atoms with Crippen LogP contribution in [0.15, 0.2) is 0 Å². The average Bonchev–Trinajstić information content (AvgIpc) is 1.98. The fourth-order valence-electron chi connectivity index (χ4n) is 0.571. The molecule has 9 heavy (non-hydrogen) atoms. The van der Waals surface area contributed by atoms with Gasteiger partial charge in [0.1, 0.15) is 0 Å². The summed E-state index contributed by atoms with van der Waals surface area (Å²) in [5.41, 5.74) is 0. The van der Waals surface area contributed by atoms with E-state index in [9.17, 15) is 9.59 Å². The Balaban J connectivity index is 0.000000640. The predicted octanol–water partition coefficient (Wildman–Crippen LogP) is -0.421. The molecule has 1 fully saturated rings. The van der Waals surface area contributed by atoms with Gasteiger partial charge < -0.3 is 9.69 Å². The van der Waals surface area contributed by atoms with E-state index in [4.69, 9.17) is 0 Å². The van der Waals surface area contributed by atoms with E-state index in [1.54, 1.807) is 0 Å². The van der Waals surface area contributed by atoms with Crippen molar-refractivity contribution in [1.82, 2.24) is 4.90 Å². The second-order valence-electron chi connectivity index (χ2n) is 1.70. The molecule has 1 aliphatic rings. The van der Waals surface area contributed by atoms with Crippen LogP contribution in [0.3, 0.4) is 0 Å². The Morgan fingerprint density at radius 3 is 2.22 bits per heavy atom. The number of carbonyl (C=O) groups is 2. The van der Waals surface area contributed by atoms with Gasteiger partial charge in [-0.25, -0.2) is 0 Å². The van der Waals surface area contributed by atoms with E-state index in [2.05, 4.69) is 0 Å². The van der Waals surface area contributed by atoms with Crippen molar-refractivity contribution in [2.24, 2.45) is 0 Å².